The molecule has 1 amide bonds. The third-order valence-corrected chi connectivity index (χ3v) is 6.17. The van der Waals surface area contributed by atoms with Gasteiger partial charge >= 0.3 is 0 Å². The number of carbonyl (C=O) groups is 1. The van der Waals surface area contributed by atoms with Crippen molar-refractivity contribution in [3.63, 3.8) is 0 Å². The molecule has 0 radical (unpaired) electrons. The van der Waals surface area contributed by atoms with Crippen LogP contribution in [0.1, 0.15) is 48.2 Å². The van der Waals surface area contributed by atoms with Crippen LogP contribution < -0.4 is 4.74 Å². The zero-order valence-electron chi connectivity index (χ0n) is 17.0. The maximum Gasteiger partial charge on any atom is 0.256 e. The summed E-state index contributed by atoms with van der Waals surface area (Å²) in [6, 6.07) is 7.86. The summed E-state index contributed by atoms with van der Waals surface area (Å²) in [6.07, 6.45) is 7.24. The first-order valence-electron chi connectivity index (χ1n) is 9.96. The molecule has 2 heterocycles. The zero-order valence-corrected chi connectivity index (χ0v) is 17.7. The molecule has 29 heavy (non-hydrogen) atoms. The monoisotopic (exact) mass is 412 g/mol. The SMILES string of the molecule is COc1cccc(-n2nc(C)c3c(Cl)c(C(=O)N(C)C4CCCCC4)cnc32)c1. The van der Waals surface area contributed by atoms with Gasteiger partial charge in [-0.1, -0.05) is 36.9 Å². The first-order valence-corrected chi connectivity index (χ1v) is 10.3. The molecule has 6 nitrogen and oxygen atoms in total. The van der Waals surface area contributed by atoms with Gasteiger partial charge in [0.25, 0.3) is 5.91 Å². The van der Waals surface area contributed by atoms with Crippen LogP contribution >= 0.6 is 11.6 Å². The predicted molar refractivity (Wildman–Crippen MR) is 114 cm³/mol. The summed E-state index contributed by atoms with van der Waals surface area (Å²) in [7, 11) is 3.49. The molecular formula is C22H25ClN4O2. The molecule has 1 aliphatic carbocycles. The zero-order chi connectivity index (χ0) is 20.5. The number of hydrogen-bond acceptors (Lipinski definition) is 4. The Morgan fingerprint density at radius 2 is 2.03 bits per heavy atom. The molecule has 0 saturated heterocycles. The fourth-order valence-electron chi connectivity index (χ4n) is 4.10. The number of benzene rings is 1. The Labute approximate surface area is 175 Å². The van der Waals surface area contributed by atoms with E-state index in [-0.39, 0.29) is 11.9 Å². The van der Waals surface area contributed by atoms with Gasteiger partial charge in [-0.05, 0) is 31.9 Å². The van der Waals surface area contributed by atoms with E-state index < -0.39 is 0 Å². The Morgan fingerprint density at radius 3 is 2.76 bits per heavy atom. The van der Waals surface area contributed by atoms with Crippen LogP contribution in [0.2, 0.25) is 5.02 Å². The summed E-state index contributed by atoms with van der Waals surface area (Å²) < 4.78 is 7.05. The Bertz CT molecular complexity index is 1060. The van der Waals surface area contributed by atoms with Gasteiger partial charge in [0.2, 0.25) is 0 Å². The second-order valence-corrected chi connectivity index (χ2v) is 7.97. The molecule has 0 unspecified atom stereocenters. The summed E-state index contributed by atoms with van der Waals surface area (Å²) in [5, 5.41) is 5.74. The van der Waals surface area contributed by atoms with Gasteiger partial charge < -0.3 is 9.64 Å². The van der Waals surface area contributed by atoms with Gasteiger partial charge in [0.15, 0.2) is 5.65 Å². The number of methoxy groups -OCH3 is 1. The highest BCUT2D eigenvalue weighted by Gasteiger charge is 2.26. The van der Waals surface area contributed by atoms with Gasteiger partial charge in [-0.25, -0.2) is 9.67 Å². The minimum absolute atomic E-state index is 0.0789. The Hall–Kier alpha value is -2.60. The topological polar surface area (TPSA) is 60.3 Å². The number of rotatable bonds is 4. The van der Waals surface area contributed by atoms with Crippen LogP contribution in [0.5, 0.6) is 5.75 Å². The number of aromatic nitrogens is 3. The first-order chi connectivity index (χ1) is 14.0. The molecule has 1 fully saturated rings. The summed E-state index contributed by atoms with van der Waals surface area (Å²) in [4.78, 5) is 19.5. The van der Waals surface area contributed by atoms with E-state index in [1.54, 1.807) is 18.0 Å². The first kappa shape index (κ1) is 19.7. The number of nitrogens with zero attached hydrogens (tertiary/aromatic N) is 4. The fourth-order valence-corrected chi connectivity index (χ4v) is 4.45. The van der Waals surface area contributed by atoms with Crippen molar-refractivity contribution in [2.24, 2.45) is 0 Å². The van der Waals surface area contributed by atoms with E-state index >= 15 is 0 Å². The number of pyridine rings is 1. The second kappa shape index (κ2) is 8.03. The number of halogens is 1. The van der Waals surface area contributed by atoms with Gasteiger partial charge in [-0.15, -0.1) is 0 Å². The highest BCUT2D eigenvalue weighted by Crippen LogP contribution is 2.32. The van der Waals surface area contributed by atoms with Crippen molar-refractivity contribution in [1.82, 2.24) is 19.7 Å². The smallest absolute Gasteiger partial charge is 0.256 e. The lowest BCUT2D eigenvalue weighted by molar-refractivity contribution is 0.0696. The molecule has 3 aromatic rings. The average molecular weight is 413 g/mol. The molecule has 0 aliphatic heterocycles. The molecular weight excluding hydrogens is 388 g/mol. The summed E-state index contributed by atoms with van der Waals surface area (Å²) in [5.74, 6) is 0.653. The van der Waals surface area contributed by atoms with E-state index in [1.165, 1.54) is 19.3 Å². The molecule has 1 saturated carbocycles. The van der Waals surface area contributed by atoms with E-state index in [1.807, 2.05) is 43.1 Å². The number of hydrogen-bond donors (Lipinski definition) is 0. The third kappa shape index (κ3) is 3.57. The number of amides is 1. The lowest BCUT2D eigenvalue weighted by Crippen LogP contribution is -2.38. The molecule has 4 rings (SSSR count). The number of carbonyl (C=O) groups excluding carboxylic acids is 1. The van der Waals surface area contributed by atoms with Crippen LogP contribution in [0.3, 0.4) is 0 Å². The molecule has 7 heteroatoms. The van der Waals surface area contributed by atoms with E-state index in [2.05, 4.69) is 10.1 Å². The van der Waals surface area contributed by atoms with Gasteiger partial charge in [0.1, 0.15) is 5.75 Å². The lowest BCUT2D eigenvalue weighted by atomic mass is 9.94. The van der Waals surface area contributed by atoms with Gasteiger partial charge in [0.05, 0.1) is 34.5 Å². The summed E-state index contributed by atoms with van der Waals surface area (Å²) in [6.45, 7) is 1.88. The van der Waals surface area contributed by atoms with E-state index in [9.17, 15) is 4.79 Å². The van der Waals surface area contributed by atoms with E-state index in [4.69, 9.17) is 16.3 Å². The standard InChI is InChI=1S/C22H25ClN4O2/c1-14-19-20(23)18(22(28)26(2)15-8-5-4-6-9-15)13-24-21(19)27(25-14)16-10-7-11-17(12-16)29-3/h7,10-13,15H,4-6,8-9H2,1-3H3. The second-order valence-electron chi connectivity index (χ2n) is 7.59. The Kier molecular flexibility index (Phi) is 5.46. The molecule has 0 atom stereocenters. The van der Waals surface area contributed by atoms with Crippen LogP contribution in [0.4, 0.5) is 0 Å². The largest absolute Gasteiger partial charge is 0.497 e. The minimum atomic E-state index is -0.0789. The van der Waals surface area contributed by atoms with Crippen molar-refractivity contribution < 1.29 is 9.53 Å². The highest BCUT2D eigenvalue weighted by molar-refractivity contribution is 6.38. The lowest BCUT2D eigenvalue weighted by Gasteiger charge is -2.31. The highest BCUT2D eigenvalue weighted by atomic mass is 35.5. The van der Waals surface area contributed by atoms with E-state index in [0.717, 1.165) is 30.0 Å². The number of aryl methyl sites for hydroxylation is 1. The maximum absolute atomic E-state index is 13.1. The van der Waals surface area contributed by atoms with Crippen LogP contribution in [-0.2, 0) is 0 Å². The summed E-state index contributed by atoms with van der Waals surface area (Å²) >= 11 is 6.72. The summed E-state index contributed by atoms with van der Waals surface area (Å²) in [5.41, 5.74) is 2.61. The quantitative estimate of drug-likeness (QED) is 0.617. The van der Waals surface area contributed by atoms with Crippen molar-refractivity contribution >= 4 is 28.5 Å². The molecule has 0 bridgehead atoms. The van der Waals surface area contributed by atoms with Crippen molar-refractivity contribution in [3.8, 4) is 11.4 Å². The molecule has 1 aromatic carbocycles. The van der Waals surface area contributed by atoms with Crippen LogP contribution in [0.25, 0.3) is 16.7 Å². The molecule has 0 spiro atoms. The third-order valence-electron chi connectivity index (χ3n) is 5.78. The van der Waals surface area contributed by atoms with E-state index in [0.29, 0.717) is 21.6 Å². The maximum atomic E-state index is 13.1. The Balaban J connectivity index is 1.74. The number of ether oxygens (including phenoxy) is 1. The Morgan fingerprint density at radius 1 is 1.28 bits per heavy atom. The number of fused-ring (bicyclic) bond motifs is 1. The minimum Gasteiger partial charge on any atom is -0.497 e. The molecule has 2 aromatic heterocycles. The van der Waals surface area contributed by atoms with Gasteiger partial charge in [-0.2, -0.15) is 5.10 Å². The van der Waals surface area contributed by atoms with Crippen LogP contribution in [0.15, 0.2) is 30.5 Å². The van der Waals surface area contributed by atoms with Gasteiger partial charge in [0, 0.05) is 25.4 Å². The molecule has 1 aliphatic rings. The van der Waals surface area contributed by atoms with Crippen LogP contribution in [0, 0.1) is 6.92 Å². The van der Waals surface area contributed by atoms with Crippen molar-refractivity contribution in [2.75, 3.05) is 14.2 Å². The molecule has 0 N–H and O–H groups in total. The van der Waals surface area contributed by atoms with Crippen LogP contribution in [-0.4, -0.2) is 45.8 Å². The molecule has 152 valence electrons. The van der Waals surface area contributed by atoms with Crippen molar-refractivity contribution in [3.05, 3.63) is 46.7 Å². The van der Waals surface area contributed by atoms with Crippen molar-refractivity contribution in [1.29, 1.82) is 0 Å². The van der Waals surface area contributed by atoms with Gasteiger partial charge in [-0.3, -0.25) is 4.79 Å². The van der Waals surface area contributed by atoms with Crippen molar-refractivity contribution in [2.45, 2.75) is 45.1 Å². The fraction of sp³-hybridized carbons (Fsp3) is 0.409. The average Bonchev–Trinajstić information content (AvgIpc) is 3.11. The predicted octanol–water partition coefficient (Wildman–Crippen LogP) is 4.80. The normalized spacial score (nSPS) is 14.9.